The van der Waals surface area contributed by atoms with Gasteiger partial charge in [-0.25, -0.2) is 4.79 Å². The Morgan fingerprint density at radius 2 is 1.97 bits per heavy atom. The van der Waals surface area contributed by atoms with Crippen LogP contribution in [0.3, 0.4) is 0 Å². The number of fused-ring (bicyclic) bond motifs is 3. The Bertz CT molecular complexity index is 1020. The molecule has 0 fully saturated rings. The summed E-state index contributed by atoms with van der Waals surface area (Å²) in [5, 5.41) is 22.1. The Morgan fingerprint density at radius 1 is 1.23 bits per heavy atom. The number of non-ortho nitro benzene ring substituents is 1. The first-order chi connectivity index (χ1) is 14.4. The summed E-state index contributed by atoms with van der Waals surface area (Å²) in [7, 11) is 0. The highest BCUT2D eigenvalue weighted by molar-refractivity contribution is 6.32. The van der Waals surface area contributed by atoms with Crippen molar-refractivity contribution in [3.8, 4) is 5.75 Å². The zero-order valence-electron chi connectivity index (χ0n) is 15.9. The van der Waals surface area contributed by atoms with E-state index in [-0.39, 0.29) is 18.1 Å². The summed E-state index contributed by atoms with van der Waals surface area (Å²) in [6, 6.07) is 11.1. The number of rotatable bonds is 4. The van der Waals surface area contributed by atoms with E-state index in [1.165, 1.54) is 12.1 Å². The van der Waals surface area contributed by atoms with E-state index in [2.05, 4.69) is 0 Å². The molecular weight excluding hydrogens is 414 g/mol. The third-order valence-corrected chi connectivity index (χ3v) is 5.48. The lowest BCUT2D eigenvalue weighted by molar-refractivity contribution is -0.384. The minimum absolute atomic E-state index is 0.0607. The van der Waals surface area contributed by atoms with E-state index in [0.717, 1.165) is 0 Å². The Kier molecular flexibility index (Phi) is 5.36. The summed E-state index contributed by atoms with van der Waals surface area (Å²) in [6.07, 6.45) is -0.476. The zero-order chi connectivity index (χ0) is 21.4. The van der Waals surface area contributed by atoms with Crippen molar-refractivity contribution < 1.29 is 29.0 Å². The molecule has 2 aromatic carbocycles. The number of halogens is 1. The molecule has 0 aliphatic carbocycles. The molecule has 0 bridgehead atoms. The molecule has 2 aliphatic rings. The molecule has 4 rings (SSSR count). The second kappa shape index (κ2) is 7.97. The predicted molar refractivity (Wildman–Crippen MR) is 106 cm³/mol. The number of esters is 1. The largest absolute Gasteiger partial charge is 0.483 e. The molecule has 2 aromatic rings. The molecule has 0 spiro atoms. The number of allylic oxidation sites excluding steroid dienone is 1. The lowest BCUT2D eigenvalue weighted by Crippen LogP contribution is -2.42. The van der Waals surface area contributed by atoms with Crippen molar-refractivity contribution in [2.75, 3.05) is 6.61 Å². The molecule has 30 heavy (non-hydrogen) atoms. The van der Waals surface area contributed by atoms with Crippen molar-refractivity contribution in [2.45, 2.75) is 25.2 Å². The number of aliphatic hydroxyl groups is 1. The van der Waals surface area contributed by atoms with Gasteiger partial charge < -0.3 is 19.3 Å². The van der Waals surface area contributed by atoms with Gasteiger partial charge in [0, 0.05) is 23.6 Å². The molecule has 4 atom stereocenters. The molecule has 0 unspecified atom stereocenters. The van der Waals surface area contributed by atoms with Gasteiger partial charge >= 0.3 is 5.97 Å². The number of hydrogen-bond acceptors (Lipinski definition) is 7. The number of nitro groups is 1. The van der Waals surface area contributed by atoms with Crippen LogP contribution in [-0.2, 0) is 14.3 Å². The van der Waals surface area contributed by atoms with Gasteiger partial charge in [-0.3, -0.25) is 10.1 Å². The number of aliphatic hydroxyl groups excluding tert-OH is 1. The number of carbonyl (C=O) groups excluding carboxylic acids is 1. The van der Waals surface area contributed by atoms with E-state index >= 15 is 0 Å². The highest BCUT2D eigenvalue weighted by Gasteiger charge is 2.47. The molecule has 2 heterocycles. The second-order valence-electron chi connectivity index (χ2n) is 6.91. The van der Waals surface area contributed by atoms with Gasteiger partial charge in [0.05, 0.1) is 22.5 Å². The predicted octanol–water partition coefficient (Wildman–Crippen LogP) is 3.88. The summed E-state index contributed by atoms with van der Waals surface area (Å²) >= 11 is 6.36. The fraction of sp³-hybridized carbons (Fsp3) is 0.286. The van der Waals surface area contributed by atoms with Gasteiger partial charge in [-0.1, -0.05) is 23.7 Å². The number of para-hydroxylation sites is 1. The van der Waals surface area contributed by atoms with Gasteiger partial charge in [0.2, 0.25) is 12.0 Å². The van der Waals surface area contributed by atoms with Crippen LogP contribution in [0, 0.1) is 16.0 Å². The molecule has 156 valence electrons. The monoisotopic (exact) mass is 431 g/mol. The molecule has 0 amide bonds. The van der Waals surface area contributed by atoms with Crippen LogP contribution in [0.1, 0.15) is 30.1 Å². The van der Waals surface area contributed by atoms with Crippen LogP contribution in [0.4, 0.5) is 5.69 Å². The molecule has 0 saturated heterocycles. The molecule has 0 radical (unpaired) electrons. The first-order valence-electron chi connectivity index (χ1n) is 9.33. The summed E-state index contributed by atoms with van der Waals surface area (Å²) in [4.78, 5) is 22.7. The van der Waals surface area contributed by atoms with Crippen molar-refractivity contribution in [1.29, 1.82) is 0 Å². The number of nitrogens with zero attached hydrogens (tertiary/aromatic N) is 1. The van der Waals surface area contributed by atoms with Gasteiger partial charge in [0.1, 0.15) is 11.9 Å². The number of ether oxygens (including phenoxy) is 3. The van der Waals surface area contributed by atoms with Crippen molar-refractivity contribution in [3.63, 3.8) is 0 Å². The minimum Gasteiger partial charge on any atom is -0.483 e. The van der Waals surface area contributed by atoms with Gasteiger partial charge in [0.25, 0.3) is 5.69 Å². The lowest BCUT2D eigenvalue weighted by Gasteiger charge is -2.43. The Morgan fingerprint density at radius 3 is 2.63 bits per heavy atom. The molecule has 8 nitrogen and oxygen atoms in total. The van der Waals surface area contributed by atoms with Crippen molar-refractivity contribution in [1.82, 2.24) is 0 Å². The maximum absolute atomic E-state index is 12.2. The van der Waals surface area contributed by atoms with Crippen LogP contribution in [0.15, 0.2) is 54.3 Å². The molecule has 1 N–H and O–H groups in total. The highest BCUT2D eigenvalue weighted by atomic mass is 35.5. The van der Waals surface area contributed by atoms with Gasteiger partial charge in [-0.2, -0.15) is 0 Å². The normalized spacial score (nSPS) is 24.4. The van der Waals surface area contributed by atoms with Crippen LogP contribution in [0.2, 0.25) is 5.02 Å². The van der Waals surface area contributed by atoms with Crippen LogP contribution in [0.25, 0.3) is 0 Å². The van der Waals surface area contributed by atoms with Crippen LogP contribution >= 0.6 is 11.6 Å². The summed E-state index contributed by atoms with van der Waals surface area (Å²) in [6.45, 7) is 1.84. The van der Waals surface area contributed by atoms with Crippen molar-refractivity contribution >= 4 is 23.3 Å². The number of benzene rings is 2. The zero-order valence-corrected chi connectivity index (χ0v) is 16.6. The molecule has 9 heteroatoms. The lowest BCUT2D eigenvalue weighted by atomic mass is 9.76. The standard InChI is InChI=1S/C21H18ClNO7/c1-2-28-20(24)16-10-14-13-4-3-5-15(22)19(13)30-18(17(14)21(25)29-16)11-6-8-12(9-7-11)23(26)27/h3-10,14,17-18,21,25H,2H2,1H3/t14-,17+,18-,21+/m1/s1. The maximum Gasteiger partial charge on any atom is 0.373 e. The molecule has 0 aromatic heterocycles. The minimum atomic E-state index is -1.37. The van der Waals surface area contributed by atoms with E-state index in [9.17, 15) is 20.0 Å². The fourth-order valence-electron chi connectivity index (χ4n) is 3.85. The third-order valence-electron chi connectivity index (χ3n) is 5.18. The van der Waals surface area contributed by atoms with Crippen LogP contribution in [0.5, 0.6) is 5.75 Å². The maximum atomic E-state index is 12.2. The van der Waals surface area contributed by atoms with E-state index in [1.807, 2.05) is 6.07 Å². The average molecular weight is 432 g/mol. The summed E-state index contributed by atoms with van der Waals surface area (Å²) < 4.78 is 16.6. The Balaban J connectivity index is 1.80. The van der Waals surface area contributed by atoms with Crippen molar-refractivity contribution in [2.24, 2.45) is 5.92 Å². The fourth-order valence-corrected chi connectivity index (χ4v) is 4.07. The van der Waals surface area contributed by atoms with Gasteiger partial charge in [-0.15, -0.1) is 0 Å². The third kappa shape index (κ3) is 3.48. The topological polar surface area (TPSA) is 108 Å². The highest BCUT2D eigenvalue weighted by Crippen LogP contribution is 2.52. The first-order valence-corrected chi connectivity index (χ1v) is 9.71. The number of nitro benzene ring substituents is 1. The molecule has 2 aliphatic heterocycles. The van der Waals surface area contributed by atoms with Crippen molar-refractivity contribution in [3.05, 3.63) is 80.6 Å². The quantitative estimate of drug-likeness (QED) is 0.444. The Hall–Kier alpha value is -3.10. The Labute approximate surface area is 176 Å². The van der Waals surface area contributed by atoms with Crippen LogP contribution in [-0.4, -0.2) is 28.9 Å². The van der Waals surface area contributed by atoms with E-state index in [0.29, 0.717) is 21.9 Å². The van der Waals surface area contributed by atoms with Crippen LogP contribution < -0.4 is 4.74 Å². The number of carbonyl (C=O) groups is 1. The van der Waals surface area contributed by atoms with E-state index < -0.39 is 35.1 Å². The van der Waals surface area contributed by atoms with E-state index in [1.54, 1.807) is 37.3 Å². The van der Waals surface area contributed by atoms with Gasteiger partial charge in [-0.05, 0) is 36.8 Å². The molecular formula is C21H18ClNO7. The molecule has 0 saturated carbocycles. The SMILES string of the molecule is CCOC(=O)C1=C[C@@H]2c3cccc(Cl)c3O[C@H](c3ccc([N+](=O)[O-])cc3)[C@H]2[C@@H](O)O1. The summed E-state index contributed by atoms with van der Waals surface area (Å²) in [5.74, 6) is -1.39. The van der Waals surface area contributed by atoms with E-state index in [4.69, 9.17) is 25.8 Å². The average Bonchev–Trinajstić information content (AvgIpc) is 2.73. The second-order valence-corrected chi connectivity index (χ2v) is 7.32. The first kappa shape index (κ1) is 20.2. The number of hydrogen-bond donors (Lipinski definition) is 1. The van der Waals surface area contributed by atoms with Gasteiger partial charge in [0.15, 0.2) is 0 Å². The smallest absolute Gasteiger partial charge is 0.373 e. The summed E-state index contributed by atoms with van der Waals surface area (Å²) in [5.41, 5.74) is 1.25.